The van der Waals surface area contributed by atoms with Crippen LogP contribution < -0.4 is 20.7 Å². The quantitative estimate of drug-likeness (QED) is 0.107. The van der Waals surface area contributed by atoms with E-state index in [4.69, 9.17) is 27.3 Å². The maximum absolute atomic E-state index is 10.7. The highest BCUT2D eigenvalue weighted by molar-refractivity contribution is 7.19. The Morgan fingerprint density at radius 3 is 1.41 bits per heavy atom. The molecule has 0 fully saturated rings. The molecule has 0 aliphatic rings. The van der Waals surface area contributed by atoms with E-state index in [1.54, 1.807) is 22.8 Å². The molecule has 0 N–H and O–H groups in total. The molecule has 76 heavy (non-hydrogen) atoms. The molecule has 15 aromatic rings. The summed E-state index contributed by atoms with van der Waals surface area (Å²) in [6.07, 6.45) is 0. The summed E-state index contributed by atoms with van der Waals surface area (Å²) in [6.45, 7) is 0. The molecule has 0 unspecified atom stereocenters. The second-order valence-electron chi connectivity index (χ2n) is 18.1. The Balaban J connectivity index is 1.10. The fourth-order valence-corrected chi connectivity index (χ4v) is 15.0. The van der Waals surface area contributed by atoms with E-state index in [9.17, 15) is 13.7 Å². The van der Waals surface area contributed by atoms with E-state index in [1.807, 2.05) is 84.9 Å². The van der Waals surface area contributed by atoms with E-state index in [-0.39, 0.29) is 11.1 Å². The molecule has 4 heterocycles. The predicted molar refractivity (Wildman–Crippen MR) is 317 cm³/mol. The zero-order valence-electron chi connectivity index (χ0n) is 58.8. The number of rotatable bonds is 9. The van der Waals surface area contributed by atoms with Crippen molar-refractivity contribution in [3.63, 3.8) is 0 Å². The zero-order chi connectivity index (χ0) is 66.7. The molecule has 0 saturated carbocycles. The molecule has 356 valence electrons. The van der Waals surface area contributed by atoms with Crippen molar-refractivity contribution in [3.05, 3.63) is 279 Å². The van der Waals surface area contributed by atoms with Crippen molar-refractivity contribution in [2.24, 2.45) is 0 Å². The number of nitrogens with zero attached hydrogens (tertiary/aromatic N) is 6. The van der Waals surface area contributed by atoms with Gasteiger partial charge in [-0.15, -0.1) is 0 Å². The molecule has 11 aromatic carbocycles. The Bertz CT molecular complexity index is 5680. The van der Waals surface area contributed by atoms with Gasteiger partial charge in [-0.1, -0.05) is 236 Å². The normalized spacial score (nSPS) is 15.4. The Labute approximate surface area is 466 Å². The lowest BCUT2D eigenvalue weighted by Crippen LogP contribution is -2.74. The average Bonchev–Trinajstić information content (AvgIpc) is 1.44. The molecular weight excluding hydrogens is 941 g/mol. The van der Waals surface area contributed by atoms with Crippen molar-refractivity contribution >= 4 is 94.2 Å². The van der Waals surface area contributed by atoms with Crippen LogP contribution in [-0.2, 0) is 0 Å². The van der Waals surface area contributed by atoms with Gasteiger partial charge in [0.05, 0.1) is 70.5 Å². The first kappa shape index (κ1) is 28.5. The summed E-state index contributed by atoms with van der Waals surface area (Å²) in [4.78, 5) is 14.9. The maximum atomic E-state index is 10.7. The molecule has 7 heteroatoms. The molecule has 0 radical (unpaired) electrons. The largest absolute Gasteiger partial charge is 0.309 e. The molecule has 0 aliphatic carbocycles. The summed E-state index contributed by atoms with van der Waals surface area (Å²) in [5.41, 5.74) is 4.80. The van der Waals surface area contributed by atoms with Crippen LogP contribution in [0.3, 0.4) is 0 Å². The highest BCUT2D eigenvalue weighted by Crippen LogP contribution is 2.43. The van der Waals surface area contributed by atoms with Crippen LogP contribution in [0, 0.1) is 0 Å². The third-order valence-electron chi connectivity index (χ3n) is 14.1. The molecule has 0 aliphatic heterocycles. The lowest BCUT2D eigenvalue weighted by molar-refractivity contribution is 0.950. The number of benzene rings is 11. The molecule has 4 aromatic heterocycles. The smallest absolute Gasteiger partial charge is 0.238 e. The van der Waals surface area contributed by atoms with Gasteiger partial charge in [-0.3, -0.25) is 4.57 Å². The molecule has 6 nitrogen and oxygen atoms in total. The lowest BCUT2D eigenvalue weighted by atomic mass is 10.1. The van der Waals surface area contributed by atoms with Gasteiger partial charge < -0.3 is 9.13 Å². The van der Waals surface area contributed by atoms with Crippen LogP contribution in [-0.4, -0.2) is 36.7 Å². The minimum Gasteiger partial charge on any atom is -0.309 e. The SMILES string of the molecule is [2H]c1c([2H])c([2H])c(-c2nc(-c3c([2H])c([2H])c([2H])c([Si](c4ccccc4)(c4c([2H])c([2H])c([2H])c([2H])c4[2H])c4c([2H])c([2H])c([2H])c([2H])c4[2H])c3[2H])nc(-n3c4ccccc4c4cccc(-n5c6ccccc6c6c(-n7c8ccccc8c8ccccc87)cccc65)c43)n2)c([2H])c1[2H]. The summed E-state index contributed by atoms with van der Waals surface area (Å²) in [7, 11) is -5.53. The summed E-state index contributed by atoms with van der Waals surface area (Å²) < 4.78 is 184. The summed E-state index contributed by atoms with van der Waals surface area (Å²) >= 11 is 0. The Hall–Kier alpha value is -9.95. The van der Waals surface area contributed by atoms with E-state index in [2.05, 4.69) is 45.5 Å². The van der Waals surface area contributed by atoms with Gasteiger partial charge in [0.25, 0.3) is 0 Å². The van der Waals surface area contributed by atoms with Gasteiger partial charge >= 0.3 is 0 Å². The van der Waals surface area contributed by atoms with Gasteiger partial charge in [0.15, 0.2) is 19.7 Å². The first-order chi connectivity index (χ1) is 45.6. The maximum Gasteiger partial charge on any atom is 0.238 e. The molecule has 0 saturated heterocycles. The first-order valence-corrected chi connectivity index (χ1v) is 26.3. The molecule has 0 amide bonds. The Morgan fingerprint density at radius 1 is 0.316 bits per heavy atom. The zero-order valence-corrected chi connectivity index (χ0v) is 40.8. The number of hydrogen-bond acceptors (Lipinski definition) is 3. The summed E-state index contributed by atoms with van der Waals surface area (Å²) in [5, 5.41) is 3.30. The van der Waals surface area contributed by atoms with Crippen molar-refractivity contribution in [1.82, 2.24) is 28.7 Å². The number of fused-ring (bicyclic) bond motifs is 9. The fourth-order valence-electron chi connectivity index (χ4n) is 11.1. The van der Waals surface area contributed by atoms with E-state index in [0.29, 0.717) is 27.5 Å². The van der Waals surface area contributed by atoms with Gasteiger partial charge in [0.1, 0.15) is 0 Å². The standard InChI is InChI=1S/C69H46N6Si/c1-5-24-47(25-6-1)67-70-68(48-26-21-33-52(46-48)76(49-27-7-2-8-28-49,50-29-9-3-10-30-50)51-31-11-4-12-32-51)72-69(71-67)75-60-41-19-15-36-55(60)56-38-22-45-64(66(56)75)74-61-42-20-16-37-57(61)65-62(43-23-44-63(65)74)73-58-39-17-13-34-53(58)54-35-14-18-40-59(54)73/h1-46H/i1D,2D,3D,5D,6D,7D,8D,9D,10D,21D,24D,25D,26D,27D,28D,29D,30D,33D,46D. The number of para-hydroxylation sites is 5. The molecule has 0 spiro atoms. The van der Waals surface area contributed by atoms with Crippen LogP contribution in [0.15, 0.2) is 279 Å². The first-order valence-electron chi connectivity index (χ1n) is 33.8. The minimum atomic E-state index is -5.53. The average molecular weight is 1010 g/mol. The van der Waals surface area contributed by atoms with Crippen molar-refractivity contribution in [2.45, 2.75) is 0 Å². The van der Waals surface area contributed by atoms with Crippen molar-refractivity contribution in [3.8, 4) is 40.1 Å². The fraction of sp³-hybridized carbons (Fsp3) is 0. The molecule has 15 rings (SSSR count). The van der Waals surface area contributed by atoms with Gasteiger partial charge in [0.2, 0.25) is 5.95 Å². The van der Waals surface area contributed by atoms with E-state index in [0.717, 1.165) is 49.3 Å². The van der Waals surface area contributed by atoms with Gasteiger partial charge in [-0.25, -0.2) is 4.98 Å². The third kappa shape index (κ3) is 6.62. The van der Waals surface area contributed by atoms with Crippen molar-refractivity contribution in [1.29, 1.82) is 0 Å². The lowest BCUT2D eigenvalue weighted by Gasteiger charge is -2.34. The topological polar surface area (TPSA) is 53.5 Å². The molecule has 0 atom stereocenters. The number of aromatic nitrogens is 6. The highest BCUT2D eigenvalue weighted by Gasteiger charge is 2.41. The Kier molecular flexibility index (Phi) is 6.61. The van der Waals surface area contributed by atoms with Crippen LogP contribution in [0.5, 0.6) is 0 Å². The van der Waals surface area contributed by atoms with Crippen LogP contribution >= 0.6 is 0 Å². The van der Waals surface area contributed by atoms with E-state index in [1.165, 1.54) is 24.3 Å². The van der Waals surface area contributed by atoms with E-state index >= 15 is 0 Å². The van der Waals surface area contributed by atoms with Gasteiger partial charge in [-0.05, 0) is 63.2 Å². The van der Waals surface area contributed by atoms with E-state index < -0.39 is 161 Å². The van der Waals surface area contributed by atoms with Gasteiger partial charge in [0, 0.05) is 43.4 Å². The molecule has 0 bridgehead atoms. The van der Waals surface area contributed by atoms with Gasteiger partial charge in [-0.2, -0.15) is 9.97 Å². The molecular formula is C69H46N6Si. The van der Waals surface area contributed by atoms with Crippen molar-refractivity contribution in [2.75, 3.05) is 0 Å². The second-order valence-corrected chi connectivity index (χ2v) is 21.6. The predicted octanol–water partition coefficient (Wildman–Crippen LogP) is 13.9. The Morgan fingerprint density at radius 2 is 0.763 bits per heavy atom. The monoisotopic (exact) mass is 1010 g/mol. The highest BCUT2D eigenvalue weighted by atomic mass is 28.3. The second kappa shape index (κ2) is 17.6. The minimum absolute atomic E-state index is 0.0525. The van der Waals surface area contributed by atoms with Crippen LogP contribution in [0.1, 0.15) is 26.0 Å². The van der Waals surface area contributed by atoms with Crippen LogP contribution in [0.4, 0.5) is 0 Å². The number of hydrogen-bond donors (Lipinski definition) is 0. The third-order valence-corrected chi connectivity index (χ3v) is 18.3. The van der Waals surface area contributed by atoms with Crippen LogP contribution in [0.25, 0.3) is 106 Å². The summed E-state index contributed by atoms with van der Waals surface area (Å²) in [6, 6.07) is 34.7. The summed E-state index contributed by atoms with van der Waals surface area (Å²) in [5.74, 6) is -1.51. The van der Waals surface area contributed by atoms with Crippen molar-refractivity contribution < 1.29 is 26.0 Å². The van der Waals surface area contributed by atoms with Crippen LogP contribution in [0.2, 0.25) is 0 Å².